The van der Waals surface area contributed by atoms with Crippen molar-refractivity contribution in [3.05, 3.63) is 95.1 Å². The van der Waals surface area contributed by atoms with E-state index in [1.54, 1.807) is 42.5 Å². The summed E-state index contributed by atoms with van der Waals surface area (Å²) in [4.78, 5) is 23.9. The topological polar surface area (TPSA) is 61.8 Å². The van der Waals surface area contributed by atoms with Gasteiger partial charge in [0.2, 0.25) is 0 Å². The normalized spacial score (nSPS) is 10.3. The second kappa shape index (κ2) is 9.55. The number of benzene rings is 3. The van der Waals surface area contributed by atoms with Gasteiger partial charge >= 0.3 is 5.97 Å². The first-order valence-electron chi connectivity index (χ1n) is 9.18. The summed E-state index contributed by atoms with van der Waals surface area (Å²) >= 11 is 0. The average molecular weight is 390 g/mol. The molecule has 3 aromatic carbocycles. The molecule has 0 aliphatic carbocycles. The van der Waals surface area contributed by atoms with E-state index in [0.29, 0.717) is 34.8 Å². The predicted molar refractivity (Wildman–Crippen MR) is 109 cm³/mol. The fraction of sp³-hybridized carbons (Fsp3) is 0.167. The van der Waals surface area contributed by atoms with Crippen LogP contribution >= 0.6 is 0 Å². The molecule has 5 heteroatoms. The monoisotopic (exact) mass is 390 g/mol. The van der Waals surface area contributed by atoms with E-state index in [2.05, 4.69) is 0 Å². The molecule has 0 radical (unpaired) electrons. The van der Waals surface area contributed by atoms with E-state index in [0.717, 1.165) is 5.56 Å². The van der Waals surface area contributed by atoms with E-state index in [1.165, 1.54) is 14.0 Å². The molecule has 0 aliphatic rings. The van der Waals surface area contributed by atoms with Crippen molar-refractivity contribution in [3.8, 4) is 11.5 Å². The lowest BCUT2D eigenvalue weighted by Gasteiger charge is -2.11. The van der Waals surface area contributed by atoms with Gasteiger partial charge in [0.05, 0.1) is 12.7 Å². The minimum atomic E-state index is -0.463. The smallest absolute Gasteiger partial charge is 0.338 e. The molecule has 29 heavy (non-hydrogen) atoms. The van der Waals surface area contributed by atoms with Crippen LogP contribution in [0.3, 0.4) is 0 Å². The fourth-order valence-corrected chi connectivity index (χ4v) is 2.77. The molecule has 0 bridgehead atoms. The van der Waals surface area contributed by atoms with Crippen LogP contribution < -0.4 is 9.47 Å². The van der Waals surface area contributed by atoms with E-state index in [1.807, 2.05) is 30.3 Å². The number of rotatable bonds is 8. The van der Waals surface area contributed by atoms with Gasteiger partial charge in [0.1, 0.15) is 24.7 Å². The number of ether oxygens (including phenoxy) is 3. The van der Waals surface area contributed by atoms with E-state index in [9.17, 15) is 9.59 Å². The number of hydrogen-bond acceptors (Lipinski definition) is 5. The van der Waals surface area contributed by atoms with Gasteiger partial charge in [0.15, 0.2) is 5.78 Å². The first-order chi connectivity index (χ1) is 14.1. The summed E-state index contributed by atoms with van der Waals surface area (Å²) in [5.74, 6) is 0.704. The number of hydrogen-bond donors (Lipinski definition) is 0. The van der Waals surface area contributed by atoms with Crippen LogP contribution in [0.1, 0.15) is 38.8 Å². The Morgan fingerprint density at radius 1 is 0.828 bits per heavy atom. The summed E-state index contributed by atoms with van der Waals surface area (Å²) in [6.07, 6.45) is 0. The highest BCUT2D eigenvalue weighted by atomic mass is 16.5. The lowest BCUT2D eigenvalue weighted by atomic mass is 10.1. The third-order valence-electron chi connectivity index (χ3n) is 4.38. The number of methoxy groups -OCH3 is 1. The molecular weight excluding hydrogens is 368 g/mol. The van der Waals surface area contributed by atoms with Gasteiger partial charge in [-0.1, -0.05) is 30.3 Å². The van der Waals surface area contributed by atoms with Crippen LogP contribution in [-0.4, -0.2) is 18.9 Å². The third kappa shape index (κ3) is 5.45. The van der Waals surface area contributed by atoms with Crippen LogP contribution in [0.2, 0.25) is 0 Å². The number of esters is 1. The molecule has 0 saturated heterocycles. The van der Waals surface area contributed by atoms with Crippen LogP contribution in [0, 0.1) is 0 Å². The Balaban J connectivity index is 1.60. The van der Waals surface area contributed by atoms with Crippen molar-refractivity contribution in [2.45, 2.75) is 20.1 Å². The summed E-state index contributed by atoms with van der Waals surface area (Å²) < 4.78 is 16.4. The predicted octanol–water partition coefficient (Wildman–Crippen LogP) is 4.83. The second-order valence-corrected chi connectivity index (χ2v) is 6.46. The van der Waals surface area contributed by atoms with Crippen molar-refractivity contribution in [3.63, 3.8) is 0 Å². The molecule has 5 nitrogen and oxygen atoms in total. The molecule has 148 valence electrons. The highest BCUT2D eigenvalue weighted by Crippen LogP contribution is 2.22. The van der Waals surface area contributed by atoms with E-state index >= 15 is 0 Å². The highest BCUT2D eigenvalue weighted by molar-refractivity contribution is 5.94. The second-order valence-electron chi connectivity index (χ2n) is 6.46. The molecule has 0 spiro atoms. The molecule has 0 amide bonds. The Labute approximate surface area is 169 Å². The Bertz CT molecular complexity index is 978. The van der Waals surface area contributed by atoms with Gasteiger partial charge in [-0.2, -0.15) is 0 Å². The maximum atomic E-state index is 12.4. The summed E-state index contributed by atoms with van der Waals surface area (Å²) in [7, 11) is 1.53. The lowest BCUT2D eigenvalue weighted by molar-refractivity contribution is 0.0470. The zero-order chi connectivity index (χ0) is 20.6. The van der Waals surface area contributed by atoms with Gasteiger partial charge in [-0.05, 0) is 55.0 Å². The van der Waals surface area contributed by atoms with Crippen molar-refractivity contribution in [2.75, 3.05) is 7.11 Å². The minimum Gasteiger partial charge on any atom is -0.496 e. The Kier molecular flexibility index (Phi) is 6.63. The first kappa shape index (κ1) is 20.1. The van der Waals surface area contributed by atoms with Crippen LogP contribution in [0.25, 0.3) is 0 Å². The Hall–Kier alpha value is -3.60. The summed E-state index contributed by atoms with van der Waals surface area (Å²) in [6, 6.07) is 21.7. The minimum absolute atomic E-state index is 0.00931. The van der Waals surface area contributed by atoms with Gasteiger partial charge in [-0.25, -0.2) is 4.79 Å². The van der Waals surface area contributed by atoms with Crippen LogP contribution in [-0.2, 0) is 18.0 Å². The molecule has 0 N–H and O–H groups in total. The van der Waals surface area contributed by atoms with Gasteiger partial charge < -0.3 is 14.2 Å². The van der Waals surface area contributed by atoms with E-state index < -0.39 is 5.97 Å². The highest BCUT2D eigenvalue weighted by Gasteiger charge is 2.12. The Morgan fingerprint density at radius 2 is 1.52 bits per heavy atom. The van der Waals surface area contributed by atoms with Gasteiger partial charge in [0.25, 0.3) is 0 Å². The molecule has 0 saturated carbocycles. The SMILES string of the molecule is COc1ccc(C(C)=O)cc1COC(=O)c1ccc(OCc2ccccc2)cc1. The molecule has 3 aromatic rings. The molecular formula is C24H22O5. The van der Waals surface area contributed by atoms with Gasteiger partial charge in [-0.3, -0.25) is 4.79 Å². The third-order valence-corrected chi connectivity index (χ3v) is 4.38. The summed E-state index contributed by atoms with van der Waals surface area (Å²) in [5.41, 5.74) is 2.66. The van der Waals surface area contributed by atoms with Crippen molar-refractivity contribution in [2.24, 2.45) is 0 Å². The quantitative estimate of drug-likeness (QED) is 0.407. The number of Topliss-reactive ketones (excluding diaryl/α,β-unsaturated/α-hetero) is 1. The standard InChI is InChI=1S/C24H22O5/c1-17(25)20-10-13-23(27-2)21(14-20)16-29-24(26)19-8-11-22(12-9-19)28-15-18-6-4-3-5-7-18/h3-14H,15-16H2,1-2H3. The fourth-order valence-electron chi connectivity index (χ4n) is 2.77. The van der Waals surface area contributed by atoms with Crippen LogP contribution in [0.5, 0.6) is 11.5 Å². The summed E-state index contributed by atoms with van der Waals surface area (Å²) in [6.45, 7) is 1.95. The van der Waals surface area contributed by atoms with Gasteiger partial charge in [-0.15, -0.1) is 0 Å². The molecule has 0 aromatic heterocycles. The lowest BCUT2D eigenvalue weighted by Crippen LogP contribution is -2.07. The van der Waals surface area contributed by atoms with Gasteiger partial charge in [0, 0.05) is 11.1 Å². The number of ketones is 1. The number of carbonyl (C=O) groups is 2. The zero-order valence-electron chi connectivity index (χ0n) is 16.4. The summed E-state index contributed by atoms with van der Waals surface area (Å²) in [5, 5.41) is 0. The van der Waals surface area contributed by atoms with E-state index in [4.69, 9.17) is 14.2 Å². The largest absolute Gasteiger partial charge is 0.496 e. The van der Waals surface area contributed by atoms with Crippen molar-refractivity contribution in [1.82, 2.24) is 0 Å². The molecule has 0 heterocycles. The first-order valence-corrected chi connectivity index (χ1v) is 9.18. The number of carbonyl (C=O) groups excluding carboxylic acids is 2. The Morgan fingerprint density at radius 3 is 2.17 bits per heavy atom. The van der Waals surface area contributed by atoms with Crippen LogP contribution in [0.4, 0.5) is 0 Å². The van der Waals surface area contributed by atoms with Crippen molar-refractivity contribution in [1.29, 1.82) is 0 Å². The zero-order valence-corrected chi connectivity index (χ0v) is 16.4. The molecule has 0 aliphatic heterocycles. The van der Waals surface area contributed by atoms with E-state index in [-0.39, 0.29) is 12.4 Å². The maximum absolute atomic E-state index is 12.4. The molecule has 3 rings (SSSR count). The van der Waals surface area contributed by atoms with Crippen molar-refractivity contribution < 1.29 is 23.8 Å². The maximum Gasteiger partial charge on any atom is 0.338 e. The molecule has 0 atom stereocenters. The van der Waals surface area contributed by atoms with Crippen molar-refractivity contribution >= 4 is 11.8 Å². The molecule has 0 unspecified atom stereocenters. The molecule has 0 fully saturated rings. The van der Waals surface area contributed by atoms with Crippen LogP contribution in [0.15, 0.2) is 72.8 Å². The average Bonchev–Trinajstić information content (AvgIpc) is 2.76.